The van der Waals surface area contributed by atoms with Gasteiger partial charge in [-0.25, -0.2) is 4.79 Å². The van der Waals surface area contributed by atoms with Gasteiger partial charge in [0.1, 0.15) is 6.10 Å². The Bertz CT molecular complexity index is 1480. The SMILES string of the molecule is COc1cc([C@@H]2c3cc4c(cc3[C@@H](OC(=O)CCCC[C@@H]3SC[C@@H]5NC(=O)N[C@@H]53)[C@H]3COC(=O)[C@H]23)OCO4)cc(OC)c1O. The molecule has 3 saturated heterocycles. The van der Waals surface area contributed by atoms with Gasteiger partial charge in [0.05, 0.1) is 38.8 Å². The van der Waals surface area contributed by atoms with Gasteiger partial charge in [0, 0.05) is 34.8 Å². The average molecular weight is 627 g/mol. The van der Waals surface area contributed by atoms with E-state index in [-0.39, 0.29) is 61.2 Å². The van der Waals surface area contributed by atoms with Gasteiger partial charge in [-0.1, -0.05) is 6.42 Å². The molecule has 7 atom stereocenters. The van der Waals surface area contributed by atoms with Gasteiger partial charge in [-0.3, -0.25) is 9.59 Å². The summed E-state index contributed by atoms with van der Waals surface area (Å²) < 4.78 is 33.9. The van der Waals surface area contributed by atoms with Crippen LogP contribution >= 0.6 is 11.8 Å². The first-order valence-corrected chi connectivity index (χ1v) is 15.8. The fraction of sp³-hybridized carbons (Fsp3) is 0.516. The van der Waals surface area contributed by atoms with Crippen molar-refractivity contribution >= 4 is 29.7 Å². The van der Waals surface area contributed by atoms with Gasteiger partial charge in [0.15, 0.2) is 23.0 Å². The largest absolute Gasteiger partial charge is 0.502 e. The molecule has 0 saturated carbocycles. The number of carbonyl (C=O) groups excluding carboxylic acids is 3. The summed E-state index contributed by atoms with van der Waals surface area (Å²) in [5, 5.41) is 16.8. The zero-order valence-corrected chi connectivity index (χ0v) is 25.1. The Morgan fingerprint density at radius 2 is 1.73 bits per heavy atom. The molecule has 13 heteroatoms. The summed E-state index contributed by atoms with van der Waals surface area (Å²) >= 11 is 1.85. The third kappa shape index (κ3) is 4.90. The Balaban J connectivity index is 1.14. The zero-order valence-electron chi connectivity index (χ0n) is 24.3. The quantitative estimate of drug-likeness (QED) is 0.214. The minimum absolute atomic E-state index is 0.0593. The first-order valence-electron chi connectivity index (χ1n) is 14.8. The molecule has 12 nitrogen and oxygen atoms in total. The molecule has 1 aliphatic carbocycles. The number of fused-ring (bicyclic) bond motifs is 4. The van der Waals surface area contributed by atoms with Crippen LogP contribution in [0.25, 0.3) is 0 Å². The van der Waals surface area contributed by atoms with Gasteiger partial charge >= 0.3 is 18.0 Å². The molecule has 4 aliphatic heterocycles. The van der Waals surface area contributed by atoms with Crippen LogP contribution in [0.1, 0.15) is 54.4 Å². The highest BCUT2D eigenvalue weighted by molar-refractivity contribution is 8.00. The Labute approximate surface area is 258 Å². The lowest BCUT2D eigenvalue weighted by Gasteiger charge is -2.38. The van der Waals surface area contributed by atoms with Crippen molar-refractivity contribution in [2.45, 2.75) is 55.0 Å². The topological polar surface area (TPSA) is 151 Å². The van der Waals surface area contributed by atoms with E-state index >= 15 is 0 Å². The first kappa shape index (κ1) is 28.8. The second kappa shape index (κ2) is 11.5. The molecule has 234 valence electrons. The first-order chi connectivity index (χ1) is 21.4. The van der Waals surface area contributed by atoms with Gasteiger partial charge in [-0.2, -0.15) is 11.8 Å². The van der Waals surface area contributed by atoms with Crippen LogP contribution in [0.3, 0.4) is 0 Å². The highest BCUT2D eigenvalue weighted by Crippen LogP contribution is 2.56. The van der Waals surface area contributed by atoms with Crippen molar-refractivity contribution in [3.63, 3.8) is 0 Å². The molecule has 5 aliphatic rings. The number of nitrogens with one attached hydrogen (secondary N) is 2. The maximum absolute atomic E-state index is 13.3. The van der Waals surface area contributed by atoms with Crippen molar-refractivity contribution in [1.82, 2.24) is 10.6 Å². The second-order valence-corrected chi connectivity index (χ2v) is 13.0. The smallest absolute Gasteiger partial charge is 0.315 e. The van der Waals surface area contributed by atoms with Crippen molar-refractivity contribution in [3.05, 3.63) is 41.0 Å². The highest BCUT2D eigenvalue weighted by Gasteiger charge is 2.54. The fourth-order valence-corrected chi connectivity index (χ4v) is 8.76. The predicted octanol–water partition coefficient (Wildman–Crippen LogP) is 3.38. The highest BCUT2D eigenvalue weighted by atomic mass is 32.2. The molecule has 2 amide bonds. The van der Waals surface area contributed by atoms with E-state index in [1.807, 2.05) is 23.9 Å². The number of amides is 2. The Hall–Kier alpha value is -4.00. The summed E-state index contributed by atoms with van der Waals surface area (Å²) in [5.74, 6) is -0.146. The number of phenols is 1. The molecular weight excluding hydrogens is 592 g/mol. The van der Waals surface area contributed by atoms with Crippen molar-refractivity contribution in [3.8, 4) is 28.7 Å². The Morgan fingerprint density at radius 1 is 1.00 bits per heavy atom. The molecule has 0 bridgehead atoms. The van der Waals surface area contributed by atoms with Crippen molar-refractivity contribution < 1.29 is 47.9 Å². The summed E-state index contributed by atoms with van der Waals surface area (Å²) in [4.78, 5) is 38.3. The van der Waals surface area contributed by atoms with Crippen molar-refractivity contribution in [1.29, 1.82) is 0 Å². The molecule has 0 aromatic heterocycles. The van der Waals surface area contributed by atoms with E-state index in [0.717, 1.165) is 29.7 Å². The van der Waals surface area contributed by atoms with Gasteiger partial charge in [0.25, 0.3) is 0 Å². The molecule has 3 fully saturated rings. The van der Waals surface area contributed by atoms with Crippen LogP contribution in [0.5, 0.6) is 28.7 Å². The third-order valence-electron chi connectivity index (χ3n) is 9.30. The number of aromatic hydroxyl groups is 1. The molecule has 2 aromatic carbocycles. The van der Waals surface area contributed by atoms with Crippen LogP contribution in [0.4, 0.5) is 4.79 Å². The number of thioether (sulfide) groups is 1. The standard InChI is InChI=1S/C31H34N2O10S/c1-38-21-7-14(8-22(39-2)28(21)35)25-15-9-19-20(42-13-41-19)10-16(15)29(17-11-40-30(36)26(17)25)43-24(34)6-4-3-5-23-27-18(12-44-23)32-31(37)33-27/h7-10,17-18,23,25-27,29,35H,3-6,11-13H2,1-2H3,(H2,32,33,37)/t17-,18-,23-,25+,26-,27-,29+/m0/s1. The molecule has 4 heterocycles. The van der Waals surface area contributed by atoms with Gasteiger partial charge in [0.2, 0.25) is 12.5 Å². The van der Waals surface area contributed by atoms with Crippen LogP contribution in [0.2, 0.25) is 0 Å². The number of esters is 2. The Kier molecular flexibility index (Phi) is 7.51. The molecule has 2 aromatic rings. The van der Waals surface area contributed by atoms with Crippen LogP contribution < -0.4 is 29.6 Å². The summed E-state index contributed by atoms with van der Waals surface area (Å²) in [6.45, 7) is 0.156. The van der Waals surface area contributed by atoms with E-state index in [4.69, 9.17) is 28.4 Å². The summed E-state index contributed by atoms with van der Waals surface area (Å²) in [6.07, 6.45) is 1.87. The van der Waals surface area contributed by atoms with Gasteiger partial charge < -0.3 is 44.2 Å². The molecule has 3 N–H and O–H groups in total. The number of hydrogen-bond donors (Lipinski definition) is 3. The van der Waals surface area contributed by atoms with E-state index in [0.29, 0.717) is 28.7 Å². The number of benzene rings is 2. The number of unbranched alkanes of at least 4 members (excludes halogenated alkanes) is 1. The number of methoxy groups -OCH3 is 2. The fourth-order valence-electron chi connectivity index (χ4n) is 7.21. The van der Waals surface area contributed by atoms with Crippen LogP contribution in [0.15, 0.2) is 24.3 Å². The molecule has 7 rings (SSSR count). The maximum Gasteiger partial charge on any atom is 0.315 e. The lowest BCUT2D eigenvalue weighted by Crippen LogP contribution is -2.37. The normalized spacial score (nSPS) is 29.2. The predicted molar refractivity (Wildman–Crippen MR) is 156 cm³/mol. The van der Waals surface area contributed by atoms with E-state index in [9.17, 15) is 19.5 Å². The van der Waals surface area contributed by atoms with Crippen LogP contribution in [-0.2, 0) is 19.1 Å². The van der Waals surface area contributed by atoms with Crippen molar-refractivity contribution in [2.75, 3.05) is 33.4 Å². The van der Waals surface area contributed by atoms with E-state index in [1.54, 1.807) is 12.1 Å². The molecule has 0 unspecified atom stereocenters. The number of carbonyl (C=O) groups is 3. The van der Waals surface area contributed by atoms with Crippen LogP contribution in [-0.4, -0.2) is 73.8 Å². The number of phenolic OH excluding ortho intramolecular Hbond substituents is 1. The van der Waals surface area contributed by atoms with Gasteiger partial charge in [-0.15, -0.1) is 0 Å². The summed E-state index contributed by atoms with van der Waals surface area (Å²) in [5.41, 5.74) is 2.13. The number of cyclic esters (lactones) is 1. The molecular formula is C31H34N2O10S. The van der Waals surface area contributed by atoms with Gasteiger partial charge in [-0.05, 0) is 48.2 Å². The lowest BCUT2D eigenvalue weighted by molar-refractivity contribution is -0.154. The zero-order chi connectivity index (χ0) is 30.5. The minimum atomic E-state index is -0.730. The maximum atomic E-state index is 13.3. The Morgan fingerprint density at radius 3 is 2.45 bits per heavy atom. The lowest BCUT2D eigenvalue weighted by atomic mass is 9.66. The molecule has 0 radical (unpaired) electrons. The molecule has 44 heavy (non-hydrogen) atoms. The van der Waals surface area contributed by atoms with E-state index in [1.165, 1.54) is 14.2 Å². The molecule has 0 spiro atoms. The monoisotopic (exact) mass is 626 g/mol. The third-order valence-corrected chi connectivity index (χ3v) is 10.8. The van der Waals surface area contributed by atoms with Crippen LogP contribution in [0, 0.1) is 11.8 Å². The van der Waals surface area contributed by atoms with E-state index in [2.05, 4.69) is 10.6 Å². The number of hydrogen-bond acceptors (Lipinski definition) is 11. The van der Waals surface area contributed by atoms with E-state index < -0.39 is 29.8 Å². The average Bonchev–Trinajstić information content (AvgIpc) is 3.80. The number of ether oxygens (including phenoxy) is 6. The number of urea groups is 1. The minimum Gasteiger partial charge on any atom is -0.502 e. The summed E-state index contributed by atoms with van der Waals surface area (Å²) in [6, 6.07) is 7.22. The number of rotatable bonds is 9. The second-order valence-electron chi connectivity index (χ2n) is 11.7. The summed E-state index contributed by atoms with van der Waals surface area (Å²) in [7, 11) is 2.89. The van der Waals surface area contributed by atoms with Crippen molar-refractivity contribution in [2.24, 2.45) is 11.8 Å².